The average molecular weight is 272 g/mol. The third-order valence-corrected chi connectivity index (χ3v) is 3.42. The molecule has 0 spiro atoms. The molecule has 18 heavy (non-hydrogen) atoms. The molecular formula is C12H18ClN3O2. The largest absolute Gasteiger partial charge is 0.374 e. The zero-order valence-corrected chi connectivity index (χ0v) is 11.5. The molecule has 1 aliphatic heterocycles. The van der Waals surface area contributed by atoms with E-state index >= 15 is 0 Å². The van der Waals surface area contributed by atoms with Crippen molar-refractivity contribution in [1.82, 2.24) is 14.5 Å². The lowest BCUT2D eigenvalue weighted by molar-refractivity contribution is -0.0351. The molecular weight excluding hydrogens is 254 g/mol. The molecule has 1 fully saturated rings. The molecule has 1 aliphatic rings. The monoisotopic (exact) mass is 271 g/mol. The minimum Gasteiger partial charge on any atom is -0.374 e. The SMILES string of the molecule is CCN1CCOC(Cn2c(C)nc(Cl)cc2=O)C1. The van der Waals surface area contributed by atoms with Crippen molar-refractivity contribution in [3.63, 3.8) is 0 Å². The molecule has 100 valence electrons. The van der Waals surface area contributed by atoms with Crippen LogP contribution in [0.15, 0.2) is 10.9 Å². The second-order valence-corrected chi connectivity index (χ2v) is 4.85. The number of hydrogen-bond acceptors (Lipinski definition) is 4. The second kappa shape index (κ2) is 5.82. The predicted molar refractivity (Wildman–Crippen MR) is 70.1 cm³/mol. The highest BCUT2D eigenvalue weighted by atomic mass is 35.5. The number of aromatic nitrogens is 2. The summed E-state index contributed by atoms with van der Waals surface area (Å²) in [6, 6.07) is 1.34. The number of rotatable bonds is 3. The molecule has 0 saturated carbocycles. The van der Waals surface area contributed by atoms with Crippen LogP contribution in [0, 0.1) is 6.92 Å². The summed E-state index contributed by atoms with van der Waals surface area (Å²) >= 11 is 5.75. The molecule has 1 unspecified atom stereocenters. The van der Waals surface area contributed by atoms with Gasteiger partial charge in [-0.05, 0) is 13.5 Å². The Morgan fingerprint density at radius 2 is 2.39 bits per heavy atom. The first-order valence-electron chi connectivity index (χ1n) is 6.18. The maximum absolute atomic E-state index is 11.9. The number of morpholine rings is 1. The molecule has 0 radical (unpaired) electrons. The molecule has 1 saturated heterocycles. The van der Waals surface area contributed by atoms with Gasteiger partial charge in [-0.1, -0.05) is 18.5 Å². The Morgan fingerprint density at radius 1 is 1.61 bits per heavy atom. The lowest BCUT2D eigenvalue weighted by Gasteiger charge is -2.32. The minimum absolute atomic E-state index is 0.0399. The number of likely N-dealkylation sites (N-methyl/N-ethyl adjacent to an activating group) is 1. The average Bonchev–Trinajstić information content (AvgIpc) is 2.34. The Hall–Kier alpha value is -0.910. The summed E-state index contributed by atoms with van der Waals surface area (Å²) < 4.78 is 7.31. The summed E-state index contributed by atoms with van der Waals surface area (Å²) in [6.07, 6.45) is 0.0399. The van der Waals surface area contributed by atoms with Crippen LogP contribution in [0.25, 0.3) is 0 Å². The van der Waals surface area contributed by atoms with Crippen molar-refractivity contribution in [3.05, 3.63) is 27.4 Å². The fourth-order valence-corrected chi connectivity index (χ4v) is 2.41. The van der Waals surface area contributed by atoms with Gasteiger partial charge in [0.2, 0.25) is 0 Å². The van der Waals surface area contributed by atoms with Crippen LogP contribution in [0.3, 0.4) is 0 Å². The quantitative estimate of drug-likeness (QED) is 0.768. The van der Waals surface area contributed by atoms with Crippen molar-refractivity contribution in [3.8, 4) is 0 Å². The van der Waals surface area contributed by atoms with E-state index in [1.165, 1.54) is 6.07 Å². The van der Waals surface area contributed by atoms with Crippen LogP contribution in [0.2, 0.25) is 5.15 Å². The predicted octanol–water partition coefficient (Wildman–Crippen LogP) is 0.926. The highest BCUT2D eigenvalue weighted by Gasteiger charge is 2.20. The Kier molecular flexibility index (Phi) is 4.37. The molecule has 0 aromatic carbocycles. The summed E-state index contributed by atoms with van der Waals surface area (Å²) in [5.74, 6) is 0.629. The van der Waals surface area contributed by atoms with E-state index in [1.54, 1.807) is 11.5 Å². The summed E-state index contributed by atoms with van der Waals surface area (Å²) in [5.41, 5.74) is -0.121. The lowest BCUT2D eigenvalue weighted by atomic mass is 10.2. The number of nitrogens with zero attached hydrogens (tertiary/aromatic N) is 3. The van der Waals surface area contributed by atoms with Crippen LogP contribution in [0.1, 0.15) is 12.7 Å². The fraction of sp³-hybridized carbons (Fsp3) is 0.667. The van der Waals surface area contributed by atoms with Gasteiger partial charge in [0.05, 0.1) is 19.3 Å². The van der Waals surface area contributed by atoms with E-state index in [-0.39, 0.29) is 16.8 Å². The highest BCUT2D eigenvalue weighted by Crippen LogP contribution is 2.08. The van der Waals surface area contributed by atoms with Crippen molar-refractivity contribution in [2.75, 3.05) is 26.2 Å². The highest BCUT2D eigenvalue weighted by molar-refractivity contribution is 6.29. The Morgan fingerprint density at radius 3 is 3.06 bits per heavy atom. The van der Waals surface area contributed by atoms with Gasteiger partial charge in [-0.2, -0.15) is 0 Å². The molecule has 0 aliphatic carbocycles. The molecule has 0 amide bonds. The second-order valence-electron chi connectivity index (χ2n) is 4.46. The summed E-state index contributed by atoms with van der Waals surface area (Å²) in [6.45, 7) is 7.98. The van der Waals surface area contributed by atoms with E-state index in [1.807, 2.05) is 0 Å². The molecule has 1 aromatic heterocycles. The standard InChI is InChI=1S/C12H18ClN3O2/c1-3-15-4-5-18-10(7-15)8-16-9(2)14-11(13)6-12(16)17/h6,10H,3-5,7-8H2,1-2H3. The minimum atomic E-state index is -0.121. The van der Waals surface area contributed by atoms with E-state index in [4.69, 9.17) is 16.3 Å². The first-order valence-corrected chi connectivity index (χ1v) is 6.56. The van der Waals surface area contributed by atoms with Crippen LogP contribution in [-0.4, -0.2) is 46.8 Å². The Balaban J connectivity index is 2.12. The van der Waals surface area contributed by atoms with Crippen molar-refractivity contribution in [2.45, 2.75) is 26.5 Å². The molecule has 0 N–H and O–H groups in total. The van der Waals surface area contributed by atoms with E-state index < -0.39 is 0 Å². The van der Waals surface area contributed by atoms with Crippen molar-refractivity contribution < 1.29 is 4.74 Å². The number of hydrogen-bond donors (Lipinski definition) is 0. The molecule has 5 nitrogen and oxygen atoms in total. The van der Waals surface area contributed by atoms with Crippen LogP contribution < -0.4 is 5.56 Å². The smallest absolute Gasteiger partial charge is 0.255 e. The fourth-order valence-electron chi connectivity index (χ4n) is 2.19. The first kappa shape index (κ1) is 13.5. The van der Waals surface area contributed by atoms with Crippen LogP contribution in [-0.2, 0) is 11.3 Å². The van der Waals surface area contributed by atoms with Gasteiger partial charge in [0, 0.05) is 19.2 Å². The van der Waals surface area contributed by atoms with Gasteiger partial charge in [-0.25, -0.2) is 4.98 Å². The third-order valence-electron chi connectivity index (χ3n) is 3.22. The summed E-state index contributed by atoms with van der Waals surface area (Å²) in [5, 5.41) is 0.244. The molecule has 0 bridgehead atoms. The maximum Gasteiger partial charge on any atom is 0.255 e. The third kappa shape index (κ3) is 3.10. The van der Waals surface area contributed by atoms with Crippen molar-refractivity contribution in [2.24, 2.45) is 0 Å². The van der Waals surface area contributed by atoms with E-state index in [2.05, 4.69) is 16.8 Å². The summed E-state index contributed by atoms with van der Waals surface area (Å²) in [7, 11) is 0. The Labute approximate surface area is 111 Å². The molecule has 1 atom stereocenters. The van der Waals surface area contributed by atoms with Gasteiger partial charge in [0.15, 0.2) is 0 Å². The van der Waals surface area contributed by atoms with Gasteiger partial charge in [-0.15, -0.1) is 0 Å². The number of ether oxygens (including phenoxy) is 1. The van der Waals surface area contributed by atoms with Crippen molar-refractivity contribution >= 4 is 11.6 Å². The van der Waals surface area contributed by atoms with E-state index in [0.29, 0.717) is 19.0 Å². The summed E-state index contributed by atoms with van der Waals surface area (Å²) in [4.78, 5) is 18.3. The molecule has 2 rings (SSSR count). The van der Waals surface area contributed by atoms with Gasteiger partial charge in [-0.3, -0.25) is 14.3 Å². The lowest BCUT2D eigenvalue weighted by Crippen LogP contribution is -2.45. The van der Waals surface area contributed by atoms with Crippen LogP contribution >= 0.6 is 11.6 Å². The van der Waals surface area contributed by atoms with Gasteiger partial charge < -0.3 is 4.74 Å². The van der Waals surface area contributed by atoms with Gasteiger partial charge in [0.1, 0.15) is 11.0 Å². The van der Waals surface area contributed by atoms with Gasteiger partial charge >= 0.3 is 0 Å². The topological polar surface area (TPSA) is 47.4 Å². The number of aryl methyl sites for hydroxylation is 1. The normalized spacial score (nSPS) is 21.2. The molecule has 6 heteroatoms. The number of halogens is 1. The zero-order chi connectivity index (χ0) is 13.1. The zero-order valence-electron chi connectivity index (χ0n) is 10.7. The van der Waals surface area contributed by atoms with Crippen LogP contribution in [0.5, 0.6) is 0 Å². The van der Waals surface area contributed by atoms with E-state index in [0.717, 1.165) is 19.6 Å². The van der Waals surface area contributed by atoms with Gasteiger partial charge in [0.25, 0.3) is 5.56 Å². The van der Waals surface area contributed by atoms with Crippen molar-refractivity contribution in [1.29, 1.82) is 0 Å². The Bertz CT molecular complexity index is 475. The molecule has 2 heterocycles. The van der Waals surface area contributed by atoms with Crippen LogP contribution in [0.4, 0.5) is 0 Å². The first-order chi connectivity index (χ1) is 8.60. The molecule has 1 aromatic rings. The maximum atomic E-state index is 11.9. The van der Waals surface area contributed by atoms with E-state index in [9.17, 15) is 4.79 Å².